The Hall–Kier alpha value is 0.0187. The molecule has 0 nitrogen and oxygen atoms in total. The zero-order chi connectivity index (χ0) is 6.69. The van der Waals surface area contributed by atoms with Crippen molar-refractivity contribution in [3.63, 3.8) is 0 Å². The van der Waals surface area contributed by atoms with E-state index in [9.17, 15) is 0 Å². The van der Waals surface area contributed by atoms with Crippen LogP contribution in [-0.2, 0) is 6.42 Å². The summed E-state index contributed by atoms with van der Waals surface area (Å²) in [4.78, 5) is 0. The van der Waals surface area contributed by atoms with Crippen molar-refractivity contribution in [2.24, 2.45) is 0 Å². The molecule has 0 fully saturated rings. The number of hydrogen-bond donors (Lipinski definition) is 0. The van der Waals surface area contributed by atoms with E-state index in [1.807, 2.05) is 0 Å². The van der Waals surface area contributed by atoms with Crippen molar-refractivity contribution in [1.82, 2.24) is 0 Å². The second kappa shape index (κ2) is 3.25. The Morgan fingerprint density at radius 1 is 1.33 bits per heavy atom. The molecule has 0 saturated heterocycles. The molecule has 0 bridgehead atoms. The van der Waals surface area contributed by atoms with E-state index in [1.165, 1.54) is 38.1 Å². The summed E-state index contributed by atoms with van der Waals surface area (Å²) in [5, 5.41) is 0. The van der Waals surface area contributed by atoms with Crippen molar-refractivity contribution in [1.29, 1.82) is 0 Å². The molecular formula is C8H9Sn. The van der Waals surface area contributed by atoms with Crippen molar-refractivity contribution in [3.8, 4) is 0 Å². The molecule has 0 N–H and O–H groups in total. The fourth-order valence-electron chi connectivity index (χ4n) is 0.829. The van der Waals surface area contributed by atoms with E-state index in [4.69, 9.17) is 0 Å². The van der Waals surface area contributed by atoms with Crippen LogP contribution in [0.5, 0.6) is 0 Å². The van der Waals surface area contributed by atoms with Gasteiger partial charge in [-0.05, 0) is 0 Å². The van der Waals surface area contributed by atoms with E-state index >= 15 is 0 Å². The maximum atomic E-state index is 2.20. The zero-order valence-electron chi connectivity index (χ0n) is 5.52. The summed E-state index contributed by atoms with van der Waals surface area (Å²) in [6, 6.07) is 8.59. The van der Waals surface area contributed by atoms with Gasteiger partial charge in [0.1, 0.15) is 0 Å². The predicted octanol–water partition coefficient (Wildman–Crippen LogP) is 1.04. The Kier molecular flexibility index (Phi) is 2.58. The predicted molar refractivity (Wildman–Crippen MR) is 41.2 cm³/mol. The molecule has 1 heteroatoms. The van der Waals surface area contributed by atoms with Gasteiger partial charge in [0.05, 0.1) is 0 Å². The van der Waals surface area contributed by atoms with Crippen molar-refractivity contribution >= 4 is 26.1 Å². The average molecular weight is 224 g/mol. The van der Waals surface area contributed by atoms with Gasteiger partial charge in [-0.25, -0.2) is 0 Å². The van der Waals surface area contributed by atoms with E-state index < -0.39 is 0 Å². The normalized spacial score (nSPS) is 9.56. The van der Waals surface area contributed by atoms with Crippen LogP contribution in [0.4, 0.5) is 0 Å². The Bertz CT molecular complexity index is 194. The number of aryl methyl sites for hydroxylation is 1. The summed E-state index contributed by atoms with van der Waals surface area (Å²) in [7, 11) is 0. The molecule has 45 valence electrons. The third kappa shape index (κ3) is 1.71. The van der Waals surface area contributed by atoms with Crippen molar-refractivity contribution in [3.05, 3.63) is 29.8 Å². The first-order valence-electron chi connectivity index (χ1n) is 3.14. The molecular weight excluding hydrogens is 215 g/mol. The van der Waals surface area contributed by atoms with Crippen LogP contribution in [0.15, 0.2) is 24.3 Å². The Balaban J connectivity index is 3.01. The third-order valence-corrected chi connectivity index (χ3v) is 2.79. The zero-order valence-corrected chi connectivity index (χ0v) is 8.37. The fourth-order valence-corrected chi connectivity index (χ4v) is 1.85. The quantitative estimate of drug-likeness (QED) is 0.625. The van der Waals surface area contributed by atoms with Crippen LogP contribution >= 0.6 is 0 Å². The van der Waals surface area contributed by atoms with Crippen LogP contribution in [0, 0.1) is 0 Å². The molecule has 0 unspecified atom stereocenters. The van der Waals surface area contributed by atoms with Gasteiger partial charge in [0.2, 0.25) is 0 Å². The molecule has 1 aromatic rings. The summed E-state index contributed by atoms with van der Waals surface area (Å²) in [5.41, 5.74) is 1.50. The van der Waals surface area contributed by atoms with E-state index in [0.717, 1.165) is 0 Å². The second-order valence-electron chi connectivity index (χ2n) is 2.01. The molecule has 1 rings (SSSR count). The van der Waals surface area contributed by atoms with Crippen molar-refractivity contribution in [2.45, 2.75) is 13.3 Å². The Morgan fingerprint density at radius 2 is 2.00 bits per heavy atom. The Morgan fingerprint density at radius 3 is 2.44 bits per heavy atom. The van der Waals surface area contributed by atoms with Gasteiger partial charge in [-0.1, -0.05) is 0 Å². The van der Waals surface area contributed by atoms with E-state index in [-0.39, 0.29) is 0 Å². The first-order valence-corrected chi connectivity index (χ1v) is 4.57. The van der Waals surface area contributed by atoms with Crippen LogP contribution < -0.4 is 3.58 Å². The molecule has 1 aromatic carbocycles. The van der Waals surface area contributed by atoms with Crippen LogP contribution in [0.2, 0.25) is 0 Å². The van der Waals surface area contributed by atoms with Crippen LogP contribution in [0.3, 0.4) is 0 Å². The average Bonchev–Trinajstić information content (AvgIpc) is 1.89. The minimum atomic E-state index is 1.17. The molecule has 0 aliphatic rings. The van der Waals surface area contributed by atoms with Gasteiger partial charge in [-0.3, -0.25) is 0 Å². The van der Waals surface area contributed by atoms with Gasteiger partial charge in [0.15, 0.2) is 0 Å². The second-order valence-corrected chi connectivity index (χ2v) is 3.55. The van der Waals surface area contributed by atoms with Crippen LogP contribution in [-0.4, -0.2) is 22.5 Å². The SMILES string of the molecule is CCc1cccc[c]1[Sn]. The summed E-state index contributed by atoms with van der Waals surface area (Å²) in [5.74, 6) is 0. The topological polar surface area (TPSA) is 0 Å². The Labute approximate surface area is 69.4 Å². The molecule has 0 aliphatic heterocycles. The van der Waals surface area contributed by atoms with Gasteiger partial charge >= 0.3 is 69.3 Å². The fraction of sp³-hybridized carbons (Fsp3) is 0.250. The monoisotopic (exact) mass is 225 g/mol. The van der Waals surface area contributed by atoms with Gasteiger partial charge in [0, 0.05) is 0 Å². The first kappa shape index (κ1) is 7.13. The van der Waals surface area contributed by atoms with Crippen molar-refractivity contribution < 1.29 is 0 Å². The summed E-state index contributed by atoms with van der Waals surface area (Å²) in [6.45, 7) is 2.20. The van der Waals surface area contributed by atoms with E-state index in [1.54, 1.807) is 0 Å². The summed E-state index contributed by atoms with van der Waals surface area (Å²) < 4.78 is 1.49. The van der Waals surface area contributed by atoms with Crippen LogP contribution in [0.25, 0.3) is 0 Å². The van der Waals surface area contributed by atoms with Gasteiger partial charge in [-0.15, -0.1) is 0 Å². The number of hydrogen-bond acceptors (Lipinski definition) is 0. The molecule has 0 saturated carbocycles. The standard InChI is InChI=1S/C8H9.Sn/c1-2-8-6-4-3-5-7-8;/h3-6H,2H2,1H3;. The van der Waals surface area contributed by atoms with Gasteiger partial charge < -0.3 is 0 Å². The molecule has 0 amide bonds. The number of rotatable bonds is 1. The summed E-state index contributed by atoms with van der Waals surface area (Å²) >= 11 is 1.53. The molecule has 0 aliphatic carbocycles. The third-order valence-electron chi connectivity index (χ3n) is 1.40. The maximum absolute atomic E-state index is 2.20. The number of benzene rings is 1. The van der Waals surface area contributed by atoms with E-state index in [2.05, 4.69) is 31.2 Å². The minimum absolute atomic E-state index is 1.17. The summed E-state index contributed by atoms with van der Waals surface area (Å²) in [6.07, 6.45) is 1.17. The molecule has 3 radical (unpaired) electrons. The van der Waals surface area contributed by atoms with Crippen molar-refractivity contribution in [2.75, 3.05) is 0 Å². The van der Waals surface area contributed by atoms with Gasteiger partial charge in [0.25, 0.3) is 0 Å². The van der Waals surface area contributed by atoms with Gasteiger partial charge in [-0.2, -0.15) is 0 Å². The van der Waals surface area contributed by atoms with Crippen LogP contribution in [0.1, 0.15) is 12.5 Å². The van der Waals surface area contributed by atoms with E-state index in [0.29, 0.717) is 0 Å². The molecule has 0 heterocycles. The molecule has 0 aromatic heterocycles. The first-order chi connectivity index (χ1) is 4.34. The molecule has 0 atom stereocenters. The molecule has 0 spiro atoms. The molecule has 9 heavy (non-hydrogen) atoms.